The molecule has 30 heavy (non-hydrogen) atoms. The van der Waals surface area contributed by atoms with E-state index in [-0.39, 0.29) is 29.9 Å². The molecule has 0 aliphatic carbocycles. The molecule has 3 rings (SSSR count). The number of benzene rings is 1. The smallest absolute Gasteiger partial charge is 0.256 e. The van der Waals surface area contributed by atoms with Gasteiger partial charge in [-0.15, -0.1) is 0 Å². The van der Waals surface area contributed by atoms with Gasteiger partial charge in [-0.25, -0.2) is 13.4 Å². The third kappa shape index (κ3) is 4.01. The number of rotatable bonds is 4. The molecule has 9 heteroatoms. The number of anilines is 1. The fourth-order valence-corrected chi connectivity index (χ4v) is 5.39. The lowest BCUT2D eigenvalue weighted by Gasteiger charge is -2.39. The largest absolute Gasteiger partial charge is 0.373 e. The van der Waals surface area contributed by atoms with Crippen LogP contribution in [0.25, 0.3) is 0 Å². The fraction of sp³-hybridized carbons (Fsp3) is 0.381. The second kappa shape index (κ2) is 8.42. The monoisotopic (exact) mass is 427 g/mol. The Hall–Kier alpha value is -2.96. The van der Waals surface area contributed by atoms with Crippen LogP contribution >= 0.6 is 0 Å². The highest BCUT2D eigenvalue weighted by Gasteiger charge is 2.35. The molecule has 1 aliphatic rings. The van der Waals surface area contributed by atoms with E-state index in [2.05, 4.69) is 10.3 Å². The normalized spacial score (nSPS) is 17.4. The highest BCUT2D eigenvalue weighted by Crippen LogP contribution is 2.25. The third-order valence-electron chi connectivity index (χ3n) is 5.35. The molecule has 8 nitrogen and oxygen atoms in total. The van der Waals surface area contributed by atoms with Crippen molar-refractivity contribution in [1.82, 2.24) is 14.2 Å². The molecule has 0 radical (unpaired) electrons. The van der Waals surface area contributed by atoms with Gasteiger partial charge in [0.15, 0.2) is 0 Å². The summed E-state index contributed by atoms with van der Waals surface area (Å²) in [7, 11) is -1.95. The number of nitrogens with zero attached hydrogens (tertiary/aromatic N) is 4. The molecule has 1 atom stereocenters. The summed E-state index contributed by atoms with van der Waals surface area (Å²) < 4.78 is 27.7. The molecule has 1 amide bonds. The van der Waals surface area contributed by atoms with Crippen LogP contribution in [0.2, 0.25) is 0 Å². The van der Waals surface area contributed by atoms with Crippen LogP contribution < -0.4 is 5.32 Å². The van der Waals surface area contributed by atoms with Gasteiger partial charge >= 0.3 is 0 Å². The van der Waals surface area contributed by atoms with Gasteiger partial charge in [0.1, 0.15) is 5.82 Å². The maximum Gasteiger partial charge on any atom is 0.256 e. The van der Waals surface area contributed by atoms with Crippen molar-refractivity contribution in [2.24, 2.45) is 0 Å². The van der Waals surface area contributed by atoms with E-state index in [0.29, 0.717) is 34.7 Å². The molecule has 1 aromatic carbocycles. The number of carbonyl (C=O) groups excluding carboxylic acids is 1. The van der Waals surface area contributed by atoms with E-state index in [0.717, 1.165) is 0 Å². The van der Waals surface area contributed by atoms with Crippen molar-refractivity contribution < 1.29 is 13.2 Å². The number of hydrogen-bond acceptors (Lipinski definition) is 6. The summed E-state index contributed by atoms with van der Waals surface area (Å²) in [4.78, 5) is 19.3. The summed E-state index contributed by atoms with van der Waals surface area (Å²) >= 11 is 0. The molecule has 1 unspecified atom stereocenters. The topological polar surface area (TPSA) is 106 Å². The number of amides is 1. The van der Waals surface area contributed by atoms with Crippen LogP contribution in [0.4, 0.5) is 5.82 Å². The Balaban J connectivity index is 1.79. The van der Waals surface area contributed by atoms with Crippen LogP contribution in [0.5, 0.6) is 0 Å². The van der Waals surface area contributed by atoms with Crippen LogP contribution in [-0.4, -0.2) is 61.2 Å². The van der Waals surface area contributed by atoms with Gasteiger partial charge in [0, 0.05) is 32.7 Å². The van der Waals surface area contributed by atoms with E-state index in [1.807, 2.05) is 13.0 Å². The second-order valence-electron chi connectivity index (χ2n) is 7.38. The molecule has 2 heterocycles. The highest BCUT2D eigenvalue weighted by atomic mass is 32.2. The average Bonchev–Trinajstić information content (AvgIpc) is 2.72. The lowest BCUT2D eigenvalue weighted by atomic mass is 10.1. The van der Waals surface area contributed by atoms with Gasteiger partial charge in [0.2, 0.25) is 10.0 Å². The van der Waals surface area contributed by atoms with Gasteiger partial charge in [0.25, 0.3) is 5.91 Å². The number of hydrogen-bond donors (Lipinski definition) is 1. The highest BCUT2D eigenvalue weighted by molar-refractivity contribution is 7.89. The summed E-state index contributed by atoms with van der Waals surface area (Å²) in [6.07, 6.45) is 0. The van der Waals surface area contributed by atoms with E-state index in [1.165, 1.54) is 16.4 Å². The zero-order chi connectivity index (χ0) is 22.1. The third-order valence-corrected chi connectivity index (χ3v) is 7.37. The molecule has 0 saturated carbocycles. The van der Waals surface area contributed by atoms with Crippen molar-refractivity contribution >= 4 is 21.7 Å². The number of aromatic nitrogens is 1. The number of nitrogens with one attached hydrogen (secondary N) is 1. The molecule has 158 valence electrons. The van der Waals surface area contributed by atoms with Crippen molar-refractivity contribution in [2.45, 2.75) is 31.7 Å². The molecule has 1 saturated heterocycles. The van der Waals surface area contributed by atoms with Gasteiger partial charge in [-0.05, 0) is 56.7 Å². The average molecular weight is 428 g/mol. The standard InChI is InChI=1S/C21H25N5O3S/c1-14-11-17(12-22)5-7-19(14)30(28,29)25-9-10-26(15(2)13-25)21(27)18-6-8-20(23-4)24-16(18)3/h5-8,11,15H,9-10,13H2,1-4H3,(H,23,24). The molecule has 0 spiro atoms. The number of sulfonamides is 1. The van der Waals surface area contributed by atoms with E-state index in [4.69, 9.17) is 5.26 Å². The molecular formula is C21H25N5O3S. The van der Waals surface area contributed by atoms with Crippen molar-refractivity contribution in [3.8, 4) is 6.07 Å². The van der Waals surface area contributed by atoms with Crippen LogP contribution in [0, 0.1) is 25.2 Å². The Morgan fingerprint density at radius 2 is 1.97 bits per heavy atom. The lowest BCUT2D eigenvalue weighted by molar-refractivity contribution is 0.0590. The van der Waals surface area contributed by atoms with Crippen LogP contribution in [0.1, 0.15) is 34.1 Å². The zero-order valence-corrected chi connectivity index (χ0v) is 18.3. The summed E-state index contributed by atoms with van der Waals surface area (Å²) in [6, 6.07) is 9.77. The Morgan fingerprint density at radius 3 is 2.53 bits per heavy atom. The summed E-state index contributed by atoms with van der Waals surface area (Å²) in [5, 5.41) is 12.0. The second-order valence-corrected chi connectivity index (χ2v) is 9.29. The minimum absolute atomic E-state index is 0.151. The number of pyridine rings is 1. The van der Waals surface area contributed by atoms with Gasteiger partial charge in [0.05, 0.1) is 27.8 Å². The molecule has 0 bridgehead atoms. The van der Waals surface area contributed by atoms with E-state index in [1.54, 1.807) is 44.0 Å². The maximum atomic E-state index is 13.1. The van der Waals surface area contributed by atoms with Crippen molar-refractivity contribution in [3.63, 3.8) is 0 Å². The molecule has 1 aliphatic heterocycles. The number of piperazine rings is 1. The van der Waals surface area contributed by atoms with E-state index < -0.39 is 10.0 Å². The predicted molar refractivity (Wildman–Crippen MR) is 114 cm³/mol. The van der Waals surface area contributed by atoms with Crippen LogP contribution in [-0.2, 0) is 10.0 Å². The Kier molecular flexibility index (Phi) is 6.10. The minimum atomic E-state index is -3.72. The molecule has 1 N–H and O–H groups in total. The van der Waals surface area contributed by atoms with Crippen LogP contribution in [0.3, 0.4) is 0 Å². The quantitative estimate of drug-likeness (QED) is 0.801. The fourth-order valence-electron chi connectivity index (χ4n) is 3.67. The van der Waals surface area contributed by atoms with E-state index >= 15 is 0 Å². The molecule has 1 fully saturated rings. The summed E-state index contributed by atoms with van der Waals surface area (Å²) in [6.45, 7) is 6.01. The van der Waals surface area contributed by atoms with Crippen LogP contribution in [0.15, 0.2) is 35.2 Å². The van der Waals surface area contributed by atoms with Crippen molar-refractivity contribution in [3.05, 3.63) is 52.7 Å². The van der Waals surface area contributed by atoms with E-state index in [9.17, 15) is 13.2 Å². The SMILES string of the molecule is CNc1ccc(C(=O)N2CCN(S(=O)(=O)c3ccc(C#N)cc3C)CC2C)c(C)n1. The number of carbonyl (C=O) groups is 1. The first-order valence-electron chi connectivity index (χ1n) is 9.66. The Labute approximate surface area is 177 Å². The van der Waals surface area contributed by atoms with Gasteiger partial charge in [-0.3, -0.25) is 4.79 Å². The van der Waals surface area contributed by atoms with Crippen molar-refractivity contribution in [1.29, 1.82) is 5.26 Å². The zero-order valence-electron chi connectivity index (χ0n) is 17.5. The predicted octanol–water partition coefficient (Wildman–Crippen LogP) is 2.15. The Bertz CT molecular complexity index is 1120. The maximum absolute atomic E-state index is 13.1. The number of nitriles is 1. The lowest BCUT2D eigenvalue weighted by Crippen LogP contribution is -2.55. The molecule has 1 aromatic heterocycles. The summed E-state index contributed by atoms with van der Waals surface area (Å²) in [5.41, 5.74) is 2.09. The summed E-state index contributed by atoms with van der Waals surface area (Å²) in [5.74, 6) is 0.535. The molecular weight excluding hydrogens is 402 g/mol. The number of aryl methyl sites for hydroxylation is 2. The molecule has 2 aromatic rings. The van der Waals surface area contributed by atoms with Crippen molar-refractivity contribution in [2.75, 3.05) is 32.0 Å². The minimum Gasteiger partial charge on any atom is -0.373 e. The van der Waals surface area contributed by atoms with Gasteiger partial charge in [-0.1, -0.05) is 0 Å². The Morgan fingerprint density at radius 1 is 1.23 bits per heavy atom. The first-order chi connectivity index (χ1) is 14.2. The first-order valence-corrected chi connectivity index (χ1v) is 11.1. The van der Waals surface area contributed by atoms with Gasteiger partial charge < -0.3 is 10.2 Å². The van der Waals surface area contributed by atoms with Gasteiger partial charge in [-0.2, -0.15) is 9.57 Å². The first kappa shape index (κ1) is 21.7.